The zero-order chi connectivity index (χ0) is 21.8. The SMILES string of the molecule is COc1ccc(C2(C(=O)Nc3ccc(C)c(N4CCCCC4=O)c3)CCOCC2)cc1. The second-order valence-corrected chi connectivity index (χ2v) is 8.38. The largest absolute Gasteiger partial charge is 0.497 e. The molecule has 0 aromatic heterocycles. The Labute approximate surface area is 183 Å². The first-order chi connectivity index (χ1) is 15.0. The lowest BCUT2D eigenvalue weighted by molar-refractivity contribution is -0.125. The number of rotatable bonds is 5. The Kier molecular flexibility index (Phi) is 6.28. The fourth-order valence-electron chi connectivity index (χ4n) is 4.57. The van der Waals surface area contributed by atoms with Gasteiger partial charge in [-0.1, -0.05) is 18.2 Å². The minimum Gasteiger partial charge on any atom is -0.497 e. The number of ether oxygens (including phenoxy) is 2. The number of hydrogen-bond donors (Lipinski definition) is 1. The number of amides is 2. The Bertz CT molecular complexity index is 948. The average molecular weight is 423 g/mol. The van der Waals surface area contributed by atoms with Gasteiger partial charge in [0.05, 0.1) is 12.5 Å². The van der Waals surface area contributed by atoms with Crippen LogP contribution in [-0.4, -0.2) is 38.7 Å². The van der Waals surface area contributed by atoms with Gasteiger partial charge in [-0.3, -0.25) is 9.59 Å². The van der Waals surface area contributed by atoms with Crippen LogP contribution >= 0.6 is 0 Å². The van der Waals surface area contributed by atoms with Crippen molar-refractivity contribution in [3.05, 3.63) is 53.6 Å². The number of methoxy groups -OCH3 is 1. The molecule has 6 nitrogen and oxygen atoms in total. The maximum absolute atomic E-state index is 13.6. The van der Waals surface area contributed by atoms with Crippen molar-refractivity contribution >= 4 is 23.2 Å². The van der Waals surface area contributed by atoms with Gasteiger partial charge in [-0.05, 0) is 68.0 Å². The van der Waals surface area contributed by atoms with Crippen molar-refractivity contribution in [3.63, 3.8) is 0 Å². The smallest absolute Gasteiger partial charge is 0.235 e. The van der Waals surface area contributed by atoms with Crippen LogP contribution < -0.4 is 15.0 Å². The maximum atomic E-state index is 13.6. The first-order valence-electron chi connectivity index (χ1n) is 11.0. The molecule has 2 aliphatic heterocycles. The van der Waals surface area contributed by atoms with Crippen LogP contribution in [0.2, 0.25) is 0 Å². The predicted octanol–water partition coefficient (Wildman–Crippen LogP) is 4.21. The second kappa shape index (κ2) is 9.10. The summed E-state index contributed by atoms with van der Waals surface area (Å²) in [5.41, 5.74) is 2.93. The van der Waals surface area contributed by atoms with Crippen molar-refractivity contribution in [2.24, 2.45) is 0 Å². The molecular weight excluding hydrogens is 392 g/mol. The lowest BCUT2D eigenvalue weighted by Crippen LogP contribution is -2.44. The molecule has 2 amide bonds. The van der Waals surface area contributed by atoms with E-state index in [1.165, 1.54) is 0 Å². The summed E-state index contributed by atoms with van der Waals surface area (Å²) in [6, 6.07) is 13.5. The molecule has 0 radical (unpaired) electrons. The lowest BCUT2D eigenvalue weighted by Gasteiger charge is -2.36. The van der Waals surface area contributed by atoms with E-state index in [4.69, 9.17) is 9.47 Å². The summed E-state index contributed by atoms with van der Waals surface area (Å²) >= 11 is 0. The van der Waals surface area contributed by atoms with E-state index in [1.807, 2.05) is 54.3 Å². The van der Waals surface area contributed by atoms with Gasteiger partial charge in [-0.2, -0.15) is 0 Å². The molecule has 2 aliphatic rings. The Hall–Kier alpha value is -2.86. The molecule has 0 atom stereocenters. The molecule has 164 valence electrons. The summed E-state index contributed by atoms with van der Waals surface area (Å²) in [4.78, 5) is 27.9. The number of piperidine rings is 1. The molecule has 1 N–H and O–H groups in total. The molecule has 0 aliphatic carbocycles. The normalized spacial score (nSPS) is 18.5. The Morgan fingerprint density at radius 3 is 2.52 bits per heavy atom. The summed E-state index contributed by atoms with van der Waals surface area (Å²) in [7, 11) is 1.63. The summed E-state index contributed by atoms with van der Waals surface area (Å²) < 4.78 is 10.8. The molecule has 2 fully saturated rings. The molecule has 31 heavy (non-hydrogen) atoms. The number of nitrogens with one attached hydrogen (secondary N) is 1. The van der Waals surface area contributed by atoms with E-state index in [-0.39, 0.29) is 11.8 Å². The van der Waals surface area contributed by atoms with Gasteiger partial charge in [0.1, 0.15) is 5.75 Å². The molecule has 0 saturated carbocycles. The summed E-state index contributed by atoms with van der Waals surface area (Å²) in [6.07, 6.45) is 3.76. The number of carbonyl (C=O) groups excluding carboxylic acids is 2. The van der Waals surface area contributed by atoms with E-state index in [0.717, 1.165) is 42.0 Å². The van der Waals surface area contributed by atoms with E-state index in [1.54, 1.807) is 7.11 Å². The number of benzene rings is 2. The molecule has 0 unspecified atom stereocenters. The minimum atomic E-state index is -0.656. The minimum absolute atomic E-state index is 0.0410. The maximum Gasteiger partial charge on any atom is 0.235 e. The van der Waals surface area contributed by atoms with E-state index in [0.29, 0.717) is 38.2 Å². The molecule has 2 heterocycles. The second-order valence-electron chi connectivity index (χ2n) is 8.38. The van der Waals surface area contributed by atoms with Gasteiger partial charge in [0, 0.05) is 37.6 Å². The quantitative estimate of drug-likeness (QED) is 0.784. The van der Waals surface area contributed by atoms with Crippen LogP contribution in [0.3, 0.4) is 0 Å². The number of nitrogens with zero attached hydrogens (tertiary/aromatic N) is 1. The van der Waals surface area contributed by atoms with Crippen molar-refractivity contribution in [1.82, 2.24) is 0 Å². The monoisotopic (exact) mass is 422 g/mol. The van der Waals surface area contributed by atoms with Crippen LogP contribution in [0.15, 0.2) is 42.5 Å². The number of anilines is 2. The molecule has 2 saturated heterocycles. The summed E-state index contributed by atoms with van der Waals surface area (Å²) in [6.45, 7) is 3.81. The molecule has 0 spiro atoms. The fraction of sp³-hybridized carbons (Fsp3) is 0.440. The molecule has 2 aromatic rings. The number of aryl methyl sites for hydroxylation is 1. The van der Waals surface area contributed by atoms with Crippen LogP contribution in [0.1, 0.15) is 43.2 Å². The van der Waals surface area contributed by atoms with Crippen LogP contribution in [-0.2, 0) is 19.7 Å². The van der Waals surface area contributed by atoms with Gasteiger partial charge in [0.2, 0.25) is 11.8 Å². The van der Waals surface area contributed by atoms with Crippen LogP contribution in [0, 0.1) is 6.92 Å². The number of carbonyl (C=O) groups is 2. The Morgan fingerprint density at radius 1 is 1.10 bits per heavy atom. The van der Waals surface area contributed by atoms with Gasteiger partial charge in [-0.25, -0.2) is 0 Å². The van der Waals surface area contributed by atoms with Crippen LogP contribution in [0.5, 0.6) is 5.75 Å². The summed E-state index contributed by atoms with van der Waals surface area (Å²) in [5, 5.41) is 3.14. The van der Waals surface area contributed by atoms with E-state index in [2.05, 4.69) is 5.32 Å². The van der Waals surface area contributed by atoms with Gasteiger partial charge in [0.25, 0.3) is 0 Å². The van der Waals surface area contributed by atoms with Gasteiger partial charge >= 0.3 is 0 Å². The third-order valence-corrected chi connectivity index (χ3v) is 6.50. The molecular formula is C25H30N2O4. The first kappa shape index (κ1) is 21.4. The molecule has 6 heteroatoms. The van der Waals surface area contributed by atoms with Gasteiger partial charge in [0.15, 0.2) is 0 Å². The zero-order valence-corrected chi connectivity index (χ0v) is 18.3. The predicted molar refractivity (Wildman–Crippen MR) is 121 cm³/mol. The van der Waals surface area contributed by atoms with Crippen molar-refractivity contribution in [2.75, 3.05) is 37.1 Å². The van der Waals surface area contributed by atoms with Crippen molar-refractivity contribution in [1.29, 1.82) is 0 Å². The average Bonchev–Trinajstić information content (AvgIpc) is 2.81. The van der Waals surface area contributed by atoms with E-state index < -0.39 is 5.41 Å². The molecule has 4 rings (SSSR count). The summed E-state index contributed by atoms with van der Waals surface area (Å²) in [5.74, 6) is 0.874. The van der Waals surface area contributed by atoms with E-state index in [9.17, 15) is 9.59 Å². The van der Waals surface area contributed by atoms with Crippen LogP contribution in [0.4, 0.5) is 11.4 Å². The van der Waals surface area contributed by atoms with Crippen molar-refractivity contribution in [3.8, 4) is 5.75 Å². The van der Waals surface area contributed by atoms with Crippen molar-refractivity contribution in [2.45, 2.75) is 44.4 Å². The Balaban J connectivity index is 1.61. The Morgan fingerprint density at radius 2 is 1.84 bits per heavy atom. The third-order valence-electron chi connectivity index (χ3n) is 6.50. The highest BCUT2D eigenvalue weighted by Gasteiger charge is 2.41. The zero-order valence-electron chi connectivity index (χ0n) is 18.3. The highest BCUT2D eigenvalue weighted by Crippen LogP contribution is 2.37. The van der Waals surface area contributed by atoms with Gasteiger partial charge in [-0.15, -0.1) is 0 Å². The fourth-order valence-corrected chi connectivity index (χ4v) is 4.57. The van der Waals surface area contributed by atoms with Crippen molar-refractivity contribution < 1.29 is 19.1 Å². The highest BCUT2D eigenvalue weighted by atomic mass is 16.5. The third kappa shape index (κ3) is 4.30. The van der Waals surface area contributed by atoms with Gasteiger partial charge < -0.3 is 19.7 Å². The topological polar surface area (TPSA) is 67.9 Å². The molecule has 0 bridgehead atoms. The molecule has 2 aromatic carbocycles. The first-order valence-corrected chi connectivity index (χ1v) is 11.0. The number of hydrogen-bond acceptors (Lipinski definition) is 4. The standard InChI is InChI=1S/C25H30N2O4/c1-18-6-9-20(17-22(18)27-14-4-3-5-23(27)28)26-24(29)25(12-15-31-16-13-25)19-7-10-21(30-2)11-8-19/h6-11,17H,3-5,12-16H2,1-2H3,(H,26,29). The lowest BCUT2D eigenvalue weighted by atomic mass is 9.73. The van der Waals surface area contributed by atoms with E-state index >= 15 is 0 Å². The van der Waals surface area contributed by atoms with Crippen LogP contribution in [0.25, 0.3) is 0 Å². The highest BCUT2D eigenvalue weighted by molar-refractivity contribution is 6.01.